The molecule has 0 saturated carbocycles. The van der Waals surface area contributed by atoms with E-state index < -0.39 is 0 Å². The van der Waals surface area contributed by atoms with E-state index in [1.165, 1.54) is 40.1 Å². The molecule has 1 nitrogen and oxygen atoms in total. The summed E-state index contributed by atoms with van der Waals surface area (Å²) in [7, 11) is 0. The van der Waals surface area contributed by atoms with E-state index in [-0.39, 0.29) is 0 Å². The van der Waals surface area contributed by atoms with Gasteiger partial charge in [-0.15, -0.1) is 11.3 Å². The second-order valence-corrected chi connectivity index (χ2v) is 6.88. The third-order valence-electron chi connectivity index (χ3n) is 4.13. The van der Waals surface area contributed by atoms with Crippen LogP contribution in [0.4, 0.5) is 0 Å². The molecule has 19 heavy (non-hydrogen) atoms. The molecule has 2 heteroatoms. The van der Waals surface area contributed by atoms with Crippen LogP contribution in [0, 0.1) is 13.8 Å². The van der Waals surface area contributed by atoms with Crippen molar-refractivity contribution in [1.82, 2.24) is 5.32 Å². The van der Waals surface area contributed by atoms with Crippen LogP contribution in [0.2, 0.25) is 0 Å². The lowest BCUT2D eigenvalue weighted by Crippen LogP contribution is -2.33. The van der Waals surface area contributed by atoms with E-state index in [2.05, 4.69) is 49.5 Å². The molecule has 0 bridgehead atoms. The predicted octanol–water partition coefficient (Wildman–Crippen LogP) is 4.01. The number of aryl methyl sites for hydroxylation is 3. The Morgan fingerprint density at radius 3 is 2.74 bits per heavy atom. The Bertz CT molecular complexity index is 551. The van der Waals surface area contributed by atoms with Gasteiger partial charge < -0.3 is 5.32 Å². The van der Waals surface area contributed by atoms with Crippen molar-refractivity contribution in [3.63, 3.8) is 0 Å². The van der Waals surface area contributed by atoms with Gasteiger partial charge in [0.15, 0.2) is 0 Å². The highest BCUT2D eigenvalue weighted by Crippen LogP contribution is 2.23. The Morgan fingerprint density at radius 2 is 2.00 bits per heavy atom. The second-order valence-electron chi connectivity index (χ2n) is 5.54. The van der Waals surface area contributed by atoms with E-state index in [1.54, 1.807) is 5.56 Å². The van der Waals surface area contributed by atoms with Crippen LogP contribution in [-0.4, -0.2) is 6.04 Å². The topological polar surface area (TPSA) is 12.0 Å². The monoisotopic (exact) mass is 271 g/mol. The third kappa shape index (κ3) is 2.90. The first kappa shape index (κ1) is 12.9. The highest BCUT2D eigenvalue weighted by atomic mass is 32.1. The van der Waals surface area contributed by atoms with Crippen molar-refractivity contribution in [2.45, 2.75) is 45.7 Å². The molecule has 1 aliphatic rings. The van der Waals surface area contributed by atoms with Gasteiger partial charge in [0.2, 0.25) is 0 Å². The van der Waals surface area contributed by atoms with Crippen molar-refractivity contribution in [3.8, 4) is 0 Å². The Balaban J connectivity index is 1.60. The zero-order chi connectivity index (χ0) is 13.2. The number of fused-ring (bicyclic) bond motifs is 1. The SMILES string of the molecule is Cc1cc(CNC2CCc3ccccc3C2)sc1C. The molecule has 0 spiro atoms. The number of hydrogen-bond acceptors (Lipinski definition) is 2. The zero-order valence-corrected chi connectivity index (χ0v) is 12.5. The van der Waals surface area contributed by atoms with Crippen molar-refractivity contribution >= 4 is 11.3 Å². The first-order valence-electron chi connectivity index (χ1n) is 7.08. The molecule has 0 saturated heterocycles. The van der Waals surface area contributed by atoms with E-state index in [0.717, 1.165) is 6.54 Å². The van der Waals surface area contributed by atoms with Gasteiger partial charge in [0.05, 0.1) is 0 Å². The van der Waals surface area contributed by atoms with E-state index in [9.17, 15) is 0 Å². The smallest absolute Gasteiger partial charge is 0.0302 e. The van der Waals surface area contributed by atoms with Crippen molar-refractivity contribution in [2.24, 2.45) is 0 Å². The molecule has 1 unspecified atom stereocenters. The summed E-state index contributed by atoms with van der Waals surface area (Å²) in [5.74, 6) is 0. The Labute approximate surface area is 119 Å². The van der Waals surface area contributed by atoms with Crippen LogP contribution in [0.3, 0.4) is 0 Å². The summed E-state index contributed by atoms with van der Waals surface area (Å²) >= 11 is 1.93. The minimum Gasteiger partial charge on any atom is -0.309 e. The molecule has 1 heterocycles. The van der Waals surface area contributed by atoms with Crippen LogP contribution in [0.1, 0.15) is 32.9 Å². The zero-order valence-electron chi connectivity index (χ0n) is 11.7. The minimum atomic E-state index is 0.637. The van der Waals surface area contributed by atoms with E-state index in [4.69, 9.17) is 0 Å². The molecule has 0 radical (unpaired) electrons. The molecule has 1 N–H and O–H groups in total. The van der Waals surface area contributed by atoms with Crippen molar-refractivity contribution < 1.29 is 0 Å². The highest BCUT2D eigenvalue weighted by Gasteiger charge is 2.17. The lowest BCUT2D eigenvalue weighted by Gasteiger charge is -2.25. The molecule has 3 rings (SSSR count). The Morgan fingerprint density at radius 1 is 1.21 bits per heavy atom. The van der Waals surface area contributed by atoms with Gasteiger partial charge in [0.1, 0.15) is 0 Å². The van der Waals surface area contributed by atoms with Crippen LogP contribution >= 0.6 is 11.3 Å². The first-order chi connectivity index (χ1) is 9.22. The quantitative estimate of drug-likeness (QED) is 0.889. The van der Waals surface area contributed by atoms with Crippen molar-refractivity contribution in [2.75, 3.05) is 0 Å². The van der Waals surface area contributed by atoms with Crippen LogP contribution < -0.4 is 5.32 Å². The maximum atomic E-state index is 3.73. The number of rotatable bonds is 3. The van der Waals surface area contributed by atoms with Gasteiger partial charge in [-0.2, -0.15) is 0 Å². The van der Waals surface area contributed by atoms with Gasteiger partial charge in [-0.3, -0.25) is 0 Å². The Kier molecular flexibility index (Phi) is 3.72. The normalized spacial score (nSPS) is 18.3. The summed E-state index contributed by atoms with van der Waals surface area (Å²) in [5.41, 5.74) is 4.50. The first-order valence-corrected chi connectivity index (χ1v) is 7.90. The predicted molar refractivity (Wildman–Crippen MR) is 82.9 cm³/mol. The molecule has 0 fully saturated rings. The number of nitrogens with one attached hydrogen (secondary N) is 1. The second kappa shape index (κ2) is 5.48. The largest absolute Gasteiger partial charge is 0.309 e. The Hall–Kier alpha value is -1.12. The van der Waals surface area contributed by atoms with E-state index in [1.807, 2.05) is 11.3 Å². The molecular formula is C17H21NS. The minimum absolute atomic E-state index is 0.637. The van der Waals surface area contributed by atoms with Gasteiger partial charge in [-0.1, -0.05) is 24.3 Å². The van der Waals surface area contributed by atoms with Gasteiger partial charge >= 0.3 is 0 Å². The summed E-state index contributed by atoms with van der Waals surface area (Å²) in [6.45, 7) is 5.43. The lowest BCUT2D eigenvalue weighted by atomic mass is 9.88. The molecule has 0 amide bonds. The summed E-state index contributed by atoms with van der Waals surface area (Å²) in [4.78, 5) is 2.92. The summed E-state index contributed by atoms with van der Waals surface area (Å²) < 4.78 is 0. The molecule has 100 valence electrons. The molecule has 1 aliphatic carbocycles. The standard InChI is InChI=1S/C17H21NS/c1-12-9-17(19-13(12)2)11-18-16-8-7-14-5-3-4-6-15(14)10-16/h3-6,9,16,18H,7-8,10-11H2,1-2H3. The fraction of sp³-hybridized carbons (Fsp3) is 0.412. The molecule has 1 atom stereocenters. The molecule has 2 aromatic rings. The molecule has 1 aromatic heterocycles. The van der Waals surface area contributed by atoms with Crippen LogP contribution in [0.5, 0.6) is 0 Å². The third-order valence-corrected chi connectivity index (χ3v) is 5.28. The van der Waals surface area contributed by atoms with Gasteiger partial charge in [-0.05, 0) is 55.9 Å². The average Bonchev–Trinajstić information content (AvgIpc) is 2.75. The number of hydrogen-bond donors (Lipinski definition) is 1. The fourth-order valence-corrected chi connectivity index (χ4v) is 3.86. The highest BCUT2D eigenvalue weighted by molar-refractivity contribution is 7.12. The van der Waals surface area contributed by atoms with E-state index >= 15 is 0 Å². The van der Waals surface area contributed by atoms with Gasteiger partial charge in [0, 0.05) is 22.3 Å². The van der Waals surface area contributed by atoms with E-state index in [0.29, 0.717) is 6.04 Å². The van der Waals surface area contributed by atoms with Crippen LogP contribution in [0.15, 0.2) is 30.3 Å². The lowest BCUT2D eigenvalue weighted by molar-refractivity contribution is 0.459. The maximum absolute atomic E-state index is 3.73. The molecular weight excluding hydrogens is 250 g/mol. The summed E-state index contributed by atoms with van der Waals surface area (Å²) in [6.07, 6.45) is 3.66. The van der Waals surface area contributed by atoms with Gasteiger partial charge in [0.25, 0.3) is 0 Å². The van der Waals surface area contributed by atoms with Crippen molar-refractivity contribution in [3.05, 3.63) is 56.8 Å². The maximum Gasteiger partial charge on any atom is 0.0302 e. The average molecular weight is 271 g/mol. The summed E-state index contributed by atoms with van der Waals surface area (Å²) in [6, 6.07) is 11.8. The number of benzene rings is 1. The van der Waals surface area contributed by atoms with Crippen LogP contribution in [0.25, 0.3) is 0 Å². The number of thiophene rings is 1. The molecule has 1 aromatic carbocycles. The van der Waals surface area contributed by atoms with Crippen molar-refractivity contribution in [1.29, 1.82) is 0 Å². The summed E-state index contributed by atoms with van der Waals surface area (Å²) in [5, 5.41) is 3.73. The molecule has 0 aliphatic heterocycles. The van der Waals surface area contributed by atoms with Gasteiger partial charge in [-0.25, -0.2) is 0 Å². The fourth-order valence-electron chi connectivity index (χ4n) is 2.85. The van der Waals surface area contributed by atoms with Crippen LogP contribution in [-0.2, 0) is 19.4 Å².